The summed E-state index contributed by atoms with van der Waals surface area (Å²) in [5, 5.41) is 12.2. The van der Waals surface area contributed by atoms with Crippen molar-refractivity contribution < 1.29 is 14.3 Å². The van der Waals surface area contributed by atoms with Crippen molar-refractivity contribution in [2.75, 3.05) is 40.0 Å². The van der Waals surface area contributed by atoms with Crippen LogP contribution in [-0.2, 0) is 14.3 Å². The first-order valence-corrected chi connectivity index (χ1v) is 6.26. The molecule has 1 N–H and O–H groups in total. The van der Waals surface area contributed by atoms with Gasteiger partial charge in [-0.15, -0.1) is 0 Å². The van der Waals surface area contributed by atoms with Crippen LogP contribution in [-0.4, -0.2) is 62.4 Å². The van der Waals surface area contributed by atoms with Crippen LogP contribution in [0.15, 0.2) is 0 Å². The second-order valence-corrected chi connectivity index (χ2v) is 4.92. The number of nitrogens with zero attached hydrogens (tertiary/aromatic N) is 2. The smallest absolute Gasteiger partial charge is 0.252 e. The lowest BCUT2D eigenvalue weighted by molar-refractivity contribution is -0.149. The van der Waals surface area contributed by atoms with Crippen molar-refractivity contribution in [3.8, 4) is 6.07 Å². The van der Waals surface area contributed by atoms with E-state index in [1.165, 1.54) is 0 Å². The number of nitrogens with one attached hydrogen (secondary N) is 1. The van der Waals surface area contributed by atoms with Crippen LogP contribution < -0.4 is 5.32 Å². The van der Waals surface area contributed by atoms with Gasteiger partial charge in [-0.05, 0) is 19.9 Å². The summed E-state index contributed by atoms with van der Waals surface area (Å²) in [4.78, 5) is 14.2. The molecule has 2 saturated heterocycles. The van der Waals surface area contributed by atoms with E-state index in [1.807, 2.05) is 7.05 Å². The van der Waals surface area contributed by atoms with Gasteiger partial charge in [0.25, 0.3) is 5.91 Å². The molecule has 2 aliphatic rings. The van der Waals surface area contributed by atoms with Crippen LogP contribution in [0.4, 0.5) is 0 Å². The number of hydrogen-bond donors (Lipinski definition) is 1. The van der Waals surface area contributed by atoms with Gasteiger partial charge in [-0.1, -0.05) is 0 Å². The Balaban J connectivity index is 1.93. The molecule has 2 heterocycles. The molecule has 0 saturated carbocycles. The quantitative estimate of drug-likeness (QED) is 0.718. The SMILES string of the molecule is CN1CCC(C#N)(NC(=O)C2COCCO2)CC1. The van der Waals surface area contributed by atoms with Crippen LogP contribution in [0.25, 0.3) is 0 Å². The highest BCUT2D eigenvalue weighted by atomic mass is 16.6. The van der Waals surface area contributed by atoms with Crippen molar-refractivity contribution in [1.29, 1.82) is 5.26 Å². The number of nitriles is 1. The number of carbonyl (C=O) groups is 1. The predicted molar refractivity (Wildman–Crippen MR) is 63.8 cm³/mol. The minimum absolute atomic E-state index is 0.235. The van der Waals surface area contributed by atoms with Gasteiger partial charge in [0.15, 0.2) is 6.10 Å². The summed E-state index contributed by atoms with van der Waals surface area (Å²) in [7, 11) is 2.02. The maximum absolute atomic E-state index is 12.0. The molecule has 6 heteroatoms. The third-order valence-corrected chi connectivity index (χ3v) is 3.53. The summed E-state index contributed by atoms with van der Waals surface area (Å²) in [6, 6.07) is 2.25. The third kappa shape index (κ3) is 2.99. The number of ether oxygens (including phenoxy) is 2. The van der Waals surface area contributed by atoms with Crippen molar-refractivity contribution in [3.63, 3.8) is 0 Å². The highest BCUT2D eigenvalue weighted by Gasteiger charge is 2.37. The second kappa shape index (κ2) is 5.65. The molecule has 1 amide bonds. The van der Waals surface area contributed by atoms with E-state index >= 15 is 0 Å². The van der Waals surface area contributed by atoms with Crippen molar-refractivity contribution >= 4 is 5.91 Å². The van der Waals surface area contributed by atoms with Gasteiger partial charge in [-0.2, -0.15) is 5.26 Å². The molecule has 1 atom stereocenters. The summed E-state index contributed by atoms with van der Waals surface area (Å²) < 4.78 is 10.5. The van der Waals surface area contributed by atoms with Gasteiger partial charge in [-0.3, -0.25) is 4.79 Å². The molecule has 100 valence electrons. The van der Waals surface area contributed by atoms with Crippen LogP contribution in [0, 0.1) is 11.3 Å². The fourth-order valence-electron chi connectivity index (χ4n) is 2.22. The molecule has 6 nitrogen and oxygen atoms in total. The zero-order chi connectivity index (χ0) is 13.0. The van der Waals surface area contributed by atoms with Gasteiger partial charge in [0.05, 0.1) is 25.9 Å². The monoisotopic (exact) mass is 253 g/mol. The number of hydrogen-bond acceptors (Lipinski definition) is 5. The van der Waals surface area contributed by atoms with Crippen molar-refractivity contribution in [2.24, 2.45) is 0 Å². The van der Waals surface area contributed by atoms with Crippen molar-refractivity contribution in [1.82, 2.24) is 10.2 Å². The van der Waals surface area contributed by atoms with Crippen molar-refractivity contribution in [3.05, 3.63) is 0 Å². The molecular weight excluding hydrogens is 234 g/mol. The van der Waals surface area contributed by atoms with E-state index in [4.69, 9.17) is 9.47 Å². The van der Waals surface area contributed by atoms with E-state index < -0.39 is 11.6 Å². The topological polar surface area (TPSA) is 74.6 Å². The normalized spacial score (nSPS) is 28.3. The Labute approximate surface area is 107 Å². The van der Waals surface area contributed by atoms with E-state index in [0.717, 1.165) is 13.1 Å². The lowest BCUT2D eigenvalue weighted by atomic mass is 9.89. The van der Waals surface area contributed by atoms with Crippen LogP contribution >= 0.6 is 0 Å². The van der Waals surface area contributed by atoms with Crippen LogP contribution in [0.1, 0.15) is 12.8 Å². The zero-order valence-corrected chi connectivity index (χ0v) is 10.6. The lowest BCUT2D eigenvalue weighted by Gasteiger charge is -2.37. The van der Waals surface area contributed by atoms with E-state index in [2.05, 4.69) is 16.3 Å². The Hall–Kier alpha value is -1.16. The number of likely N-dealkylation sites (tertiary alicyclic amines) is 1. The first-order valence-electron chi connectivity index (χ1n) is 6.26. The number of carbonyl (C=O) groups excluding carboxylic acids is 1. The first-order chi connectivity index (χ1) is 8.65. The zero-order valence-electron chi connectivity index (χ0n) is 10.6. The molecule has 1 unspecified atom stereocenters. The molecule has 0 spiro atoms. The average Bonchev–Trinajstić information content (AvgIpc) is 2.43. The summed E-state index contributed by atoms with van der Waals surface area (Å²) >= 11 is 0. The summed E-state index contributed by atoms with van der Waals surface area (Å²) in [6.45, 7) is 2.86. The van der Waals surface area contributed by atoms with Crippen LogP contribution in [0.2, 0.25) is 0 Å². The van der Waals surface area contributed by atoms with E-state index in [1.54, 1.807) is 0 Å². The van der Waals surface area contributed by atoms with Gasteiger partial charge in [0.2, 0.25) is 0 Å². The Kier molecular flexibility index (Phi) is 4.17. The first kappa shape index (κ1) is 13.3. The van der Waals surface area contributed by atoms with Gasteiger partial charge < -0.3 is 19.7 Å². The van der Waals surface area contributed by atoms with Gasteiger partial charge in [-0.25, -0.2) is 0 Å². The molecule has 0 aromatic rings. The third-order valence-electron chi connectivity index (χ3n) is 3.53. The molecule has 0 aromatic heterocycles. The van der Waals surface area contributed by atoms with E-state index in [0.29, 0.717) is 26.1 Å². The van der Waals surface area contributed by atoms with Crippen molar-refractivity contribution in [2.45, 2.75) is 24.5 Å². The number of amides is 1. The Morgan fingerprint density at radius 1 is 1.44 bits per heavy atom. The molecule has 0 aliphatic carbocycles. The van der Waals surface area contributed by atoms with E-state index in [9.17, 15) is 10.1 Å². The molecule has 0 radical (unpaired) electrons. The molecule has 2 rings (SSSR count). The molecular formula is C12H19N3O3. The maximum atomic E-state index is 12.0. The molecule has 18 heavy (non-hydrogen) atoms. The molecule has 2 aliphatic heterocycles. The molecule has 2 fully saturated rings. The van der Waals surface area contributed by atoms with Crippen LogP contribution in [0.3, 0.4) is 0 Å². The summed E-state index contributed by atoms with van der Waals surface area (Å²) in [5.74, 6) is -0.235. The Morgan fingerprint density at radius 2 is 2.17 bits per heavy atom. The minimum Gasteiger partial charge on any atom is -0.376 e. The van der Waals surface area contributed by atoms with Gasteiger partial charge >= 0.3 is 0 Å². The summed E-state index contributed by atoms with van der Waals surface area (Å²) in [5.41, 5.74) is -0.746. The lowest BCUT2D eigenvalue weighted by Crippen LogP contribution is -2.57. The molecule has 0 aromatic carbocycles. The fraction of sp³-hybridized carbons (Fsp3) is 0.833. The fourth-order valence-corrected chi connectivity index (χ4v) is 2.22. The number of rotatable bonds is 2. The largest absolute Gasteiger partial charge is 0.376 e. The average molecular weight is 253 g/mol. The number of piperidine rings is 1. The Bertz CT molecular complexity index is 339. The highest BCUT2D eigenvalue weighted by molar-refractivity contribution is 5.82. The standard InChI is InChI=1S/C12H19N3O3/c1-15-4-2-12(9-13,3-5-15)14-11(16)10-8-17-6-7-18-10/h10H,2-8H2,1H3,(H,14,16). The van der Waals surface area contributed by atoms with Gasteiger partial charge in [0.1, 0.15) is 5.54 Å². The highest BCUT2D eigenvalue weighted by Crippen LogP contribution is 2.21. The van der Waals surface area contributed by atoms with Gasteiger partial charge in [0, 0.05) is 13.1 Å². The van der Waals surface area contributed by atoms with E-state index in [-0.39, 0.29) is 12.5 Å². The minimum atomic E-state index is -0.746. The maximum Gasteiger partial charge on any atom is 0.252 e. The predicted octanol–water partition coefficient (Wildman–Crippen LogP) is -0.494. The van der Waals surface area contributed by atoms with Crippen LogP contribution in [0.5, 0.6) is 0 Å². The second-order valence-electron chi connectivity index (χ2n) is 4.92. The molecule has 0 bridgehead atoms. The summed E-state index contributed by atoms with van der Waals surface area (Å²) in [6.07, 6.45) is 0.724. The Morgan fingerprint density at radius 3 is 2.72 bits per heavy atom.